The number of thioether (sulfide) groups is 1. The molecule has 4 heteroatoms. The van der Waals surface area contributed by atoms with Gasteiger partial charge in [0.25, 0.3) is 0 Å². The van der Waals surface area contributed by atoms with Crippen molar-refractivity contribution in [2.75, 3.05) is 0 Å². The second kappa shape index (κ2) is 7.64. The van der Waals surface area contributed by atoms with Gasteiger partial charge in [0.2, 0.25) is 0 Å². The fourth-order valence-electron chi connectivity index (χ4n) is 2.21. The van der Waals surface area contributed by atoms with Crippen molar-refractivity contribution in [3.63, 3.8) is 0 Å². The van der Waals surface area contributed by atoms with Gasteiger partial charge in [-0.15, -0.1) is 0 Å². The molecule has 2 nitrogen and oxygen atoms in total. The number of aryl methyl sites for hydroxylation is 3. The van der Waals surface area contributed by atoms with E-state index in [-0.39, 0.29) is 17.5 Å². The zero-order chi connectivity index (χ0) is 17.0. The molecule has 0 heterocycles. The van der Waals surface area contributed by atoms with Gasteiger partial charge >= 0.3 is 0 Å². The molecule has 2 aromatic rings. The summed E-state index contributed by atoms with van der Waals surface area (Å²) in [4.78, 5) is 12.3. The van der Waals surface area contributed by atoms with Gasteiger partial charge in [-0.3, -0.25) is 4.79 Å². The number of carbonyl (C=O) groups is 1. The predicted molar refractivity (Wildman–Crippen MR) is 92.5 cm³/mol. The molecule has 0 aliphatic rings. The third-order valence-electron chi connectivity index (χ3n) is 3.75. The second-order valence-electron chi connectivity index (χ2n) is 5.53. The fraction of sp³-hybridized carbons (Fsp3) is 0.316. The van der Waals surface area contributed by atoms with Crippen LogP contribution in [-0.4, -0.2) is 5.12 Å². The molecule has 2 aromatic carbocycles. The molecular formula is C19H21FO2S. The molecule has 0 unspecified atom stereocenters. The quantitative estimate of drug-likeness (QED) is 0.690. The lowest BCUT2D eigenvalue weighted by atomic mass is 10.1. The molecule has 0 amide bonds. The lowest BCUT2D eigenvalue weighted by molar-refractivity contribution is -0.110. The van der Waals surface area contributed by atoms with Crippen LogP contribution < -0.4 is 4.74 Å². The van der Waals surface area contributed by atoms with Crippen molar-refractivity contribution < 1.29 is 13.9 Å². The van der Waals surface area contributed by atoms with Gasteiger partial charge in [0.1, 0.15) is 18.2 Å². The Morgan fingerprint density at radius 3 is 2.52 bits per heavy atom. The molecule has 0 N–H and O–H groups in total. The second-order valence-corrected chi connectivity index (χ2v) is 6.63. The van der Waals surface area contributed by atoms with Crippen LogP contribution in [0, 0.1) is 26.6 Å². The molecule has 2 rings (SSSR count). The molecule has 23 heavy (non-hydrogen) atoms. The average Bonchev–Trinajstić information content (AvgIpc) is 2.51. The van der Waals surface area contributed by atoms with E-state index in [4.69, 9.17) is 4.74 Å². The standard InChI is InChI=1S/C19H21FO2S/c1-5-19(21)23-18-8-6-7-16(20)15(18)11-22-17-10-13(3)12(2)9-14(17)4/h6-10H,5,11H2,1-4H3. The van der Waals surface area contributed by atoms with E-state index in [1.807, 2.05) is 26.8 Å². The van der Waals surface area contributed by atoms with Crippen molar-refractivity contribution in [2.24, 2.45) is 0 Å². The summed E-state index contributed by atoms with van der Waals surface area (Å²) in [7, 11) is 0. The Balaban J connectivity index is 2.23. The number of halogens is 1. The molecule has 0 spiro atoms. The van der Waals surface area contributed by atoms with Gasteiger partial charge in [-0.25, -0.2) is 4.39 Å². The number of hydrogen-bond acceptors (Lipinski definition) is 3. The van der Waals surface area contributed by atoms with Gasteiger partial charge in [-0.2, -0.15) is 0 Å². The maximum Gasteiger partial charge on any atom is 0.193 e. The summed E-state index contributed by atoms with van der Waals surface area (Å²) in [6.45, 7) is 7.94. The van der Waals surface area contributed by atoms with Crippen molar-refractivity contribution in [3.8, 4) is 5.75 Å². The SMILES string of the molecule is CCC(=O)Sc1cccc(F)c1COc1cc(C)c(C)cc1C. The molecular weight excluding hydrogens is 311 g/mol. The van der Waals surface area contributed by atoms with Crippen molar-refractivity contribution in [1.82, 2.24) is 0 Å². The number of rotatable bonds is 5. The monoisotopic (exact) mass is 332 g/mol. The molecule has 0 radical (unpaired) electrons. The van der Waals surface area contributed by atoms with Crippen LogP contribution in [-0.2, 0) is 11.4 Å². The minimum Gasteiger partial charge on any atom is -0.488 e. The zero-order valence-electron chi connectivity index (χ0n) is 13.9. The molecule has 0 atom stereocenters. The topological polar surface area (TPSA) is 26.3 Å². The number of benzene rings is 2. The summed E-state index contributed by atoms with van der Waals surface area (Å²) >= 11 is 1.07. The van der Waals surface area contributed by atoms with Crippen LogP contribution in [0.25, 0.3) is 0 Å². The minimum atomic E-state index is -0.347. The van der Waals surface area contributed by atoms with Gasteiger partial charge in [0, 0.05) is 16.9 Å². The maximum atomic E-state index is 14.1. The molecule has 0 fully saturated rings. The highest BCUT2D eigenvalue weighted by molar-refractivity contribution is 8.13. The average molecular weight is 332 g/mol. The van der Waals surface area contributed by atoms with Crippen molar-refractivity contribution in [3.05, 3.63) is 58.4 Å². The first-order chi connectivity index (χ1) is 10.9. The lowest BCUT2D eigenvalue weighted by Crippen LogP contribution is -2.03. The van der Waals surface area contributed by atoms with E-state index < -0.39 is 0 Å². The molecule has 0 aliphatic carbocycles. The largest absolute Gasteiger partial charge is 0.488 e. The Morgan fingerprint density at radius 2 is 1.83 bits per heavy atom. The number of hydrogen-bond donors (Lipinski definition) is 0. The summed E-state index contributed by atoms with van der Waals surface area (Å²) in [5.41, 5.74) is 3.78. The zero-order valence-corrected chi connectivity index (χ0v) is 14.7. The molecule has 0 aromatic heterocycles. The van der Waals surface area contributed by atoms with Gasteiger partial charge < -0.3 is 4.74 Å². The third-order valence-corrected chi connectivity index (χ3v) is 4.87. The Hall–Kier alpha value is -1.81. The third kappa shape index (κ3) is 4.35. The van der Waals surface area contributed by atoms with Crippen LogP contribution >= 0.6 is 11.8 Å². The highest BCUT2D eigenvalue weighted by Crippen LogP contribution is 2.29. The summed E-state index contributed by atoms with van der Waals surface area (Å²) in [5.74, 6) is 0.398. The van der Waals surface area contributed by atoms with E-state index >= 15 is 0 Å². The molecule has 0 saturated heterocycles. The van der Waals surface area contributed by atoms with Gasteiger partial charge in [-0.05, 0) is 55.7 Å². The van der Waals surface area contributed by atoms with Crippen LogP contribution in [0.1, 0.15) is 35.6 Å². The minimum absolute atomic E-state index is 0.0132. The van der Waals surface area contributed by atoms with Crippen LogP contribution in [0.15, 0.2) is 35.2 Å². The fourth-order valence-corrected chi connectivity index (χ4v) is 3.02. The Bertz CT molecular complexity index is 726. The Kier molecular flexibility index (Phi) is 5.83. The van der Waals surface area contributed by atoms with E-state index in [1.54, 1.807) is 19.1 Å². The molecule has 0 saturated carbocycles. The highest BCUT2D eigenvalue weighted by Gasteiger charge is 2.13. The highest BCUT2D eigenvalue weighted by atomic mass is 32.2. The maximum absolute atomic E-state index is 14.1. The van der Waals surface area contributed by atoms with Crippen molar-refractivity contribution >= 4 is 16.9 Å². The van der Waals surface area contributed by atoms with Crippen molar-refractivity contribution in [1.29, 1.82) is 0 Å². The predicted octanol–water partition coefficient (Wildman–Crippen LogP) is 5.36. The van der Waals surface area contributed by atoms with Gasteiger partial charge in [0.15, 0.2) is 5.12 Å². The van der Waals surface area contributed by atoms with E-state index in [1.165, 1.54) is 11.6 Å². The first-order valence-corrected chi connectivity index (χ1v) is 8.42. The summed E-state index contributed by atoms with van der Waals surface area (Å²) in [5, 5.41) is 0.0132. The molecule has 0 bridgehead atoms. The molecule has 0 aliphatic heterocycles. The van der Waals surface area contributed by atoms with Crippen LogP contribution in [0.3, 0.4) is 0 Å². The first-order valence-electron chi connectivity index (χ1n) is 7.61. The lowest BCUT2D eigenvalue weighted by Gasteiger charge is -2.14. The Labute approximate surface area is 141 Å². The van der Waals surface area contributed by atoms with Crippen LogP contribution in [0.5, 0.6) is 5.75 Å². The van der Waals surface area contributed by atoms with Crippen LogP contribution in [0.4, 0.5) is 4.39 Å². The van der Waals surface area contributed by atoms with Crippen LogP contribution in [0.2, 0.25) is 0 Å². The van der Waals surface area contributed by atoms with E-state index in [0.29, 0.717) is 16.9 Å². The van der Waals surface area contributed by atoms with Gasteiger partial charge in [0.05, 0.1) is 0 Å². The van der Waals surface area contributed by atoms with E-state index in [9.17, 15) is 9.18 Å². The summed E-state index contributed by atoms with van der Waals surface area (Å²) < 4.78 is 20.0. The summed E-state index contributed by atoms with van der Waals surface area (Å²) in [6.07, 6.45) is 0.414. The van der Waals surface area contributed by atoms with E-state index in [0.717, 1.165) is 28.6 Å². The Morgan fingerprint density at radius 1 is 1.13 bits per heavy atom. The number of ether oxygens (including phenoxy) is 1. The van der Waals surface area contributed by atoms with Gasteiger partial charge in [-0.1, -0.05) is 30.8 Å². The normalized spacial score (nSPS) is 10.7. The van der Waals surface area contributed by atoms with Crippen molar-refractivity contribution in [2.45, 2.75) is 45.6 Å². The van der Waals surface area contributed by atoms with E-state index in [2.05, 4.69) is 6.07 Å². The number of carbonyl (C=O) groups excluding carboxylic acids is 1. The smallest absolute Gasteiger partial charge is 0.193 e. The summed E-state index contributed by atoms with van der Waals surface area (Å²) in [6, 6.07) is 8.79. The first kappa shape index (κ1) is 17.5. The molecule has 122 valence electrons.